The molecule has 0 bridgehead atoms. The molecule has 1 aliphatic rings. The van der Waals surface area contributed by atoms with E-state index < -0.39 is 0 Å². The highest BCUT2D eigenvalue weighted by molar-refractivity contribution is 5.81. The van der Waals surface area contributed by atoms with Gasteiger partial charge in [-0.15, -0.1) is 0 Å². The number of aryl methyl sites for hydroxylation is 1. The fraction of sp³-hybridized carbons (Fsp3) is 0.333. The third-order valence-electron chi connectivity index (χ3n) is 3.14. The number of nitrogens with one attached hydrogen (secondary N) is 1. The van der Waals surface area contributed by atoms with Crippen molar-refractivity contribution in [3.63, 3.8) is 0 Å². The molecule has 1 aromatic carbocycles. The van der Waals surface area contributed by atoms with Gasteiger partial charge >= 0.3 is 0 Å². The second-order valence-corrected chi connectivity index (χ2v) is 4.19. The highest BCUT2D eigenvalue weighted by Crippen LogP contribution is 2.25. The van der Waals surface area contributed by atoms with Gasteiger partial charge in [-0.3, -0.25) is 0 Å². The van der Waals surface area contributed by atoms with E-state index in [1.165, 1.54) is 22.0 Å². The number of fused-ring (bicyclic) bond motifs is 2. The highest BCUT2D eigenvalue weighted by atomic mass is 14.7. The molecular formula is C12H14N2. The Hall–Kier alpha value is -1.28. The van der Waals surface area contributed by atoms with Crippen molar-refractivity contribution in [1.29, 1.82) is 0 Å². The number of nitrogens with two attached hydrogens (primary N) is 1. The number of aromatic nitrogens is 1. The Kier molecular flexibility index (Phi) is 1.64. The van der Waals surface area contributed by atoms with Crippen LogP contribution < -0.4 is 5.73 Å². The highest BCUT2D eigenvalue weighted by Gasteiger charge is 2.15. The average Bonchev–Trinajstić information content (AvgIpc) is 2.61. The summed E-state index contributed by atoms with van der Waals surface area (Å²) in [5, 5.41) is 1.30. The Labute approximate surface area is 83.1 Å². The molecule has 0 spiro atoms. The van der Waals surface area contributed by atoms with E-state index in [4.69, 9.17) is 5.73 Å². The van der Waals surface area contributed by atoms with Gasteiger partial charge in [-0.1, -0.05) is 0 Å². The van der Waals surface area contributed by atoms with Crippen LogP contribution in [0.25, 0.3) is 10.9 Å². The summed E-state index contributed by atoms with van der Waals surface area (Å²) in [6, 6.07) is 7.03. The minimum atomic E-state index is 0.360. The Bertz CT molecular complexity index is 470. The third kappa shape index (κ3) is 1.15. The van der Waals surface area contributed by atoms with E-state index in [1.54, 1.807) is 0 Å². The Morgan fingerprint density at radius 2 is 2.21 bits per heavy atom. The smallest absolute Gasteiger partial charge is 0.0456 e. The standard InChI is InChI=1S/C12H14N2/c13-11-2-1-8-7-12-9(3-4-14-12)5-10(8)6-11/h3-5,7,11,14H,1-2,6,13H2. The van der Waals surface area contributed by atoms with Gasteiger partial charge in [0, 0.05) is 17.8 Å². The van der Waals surface area contributed by atoms with Crippen molar-refractivity contribution in [1.82, 2.24) is 4.98 Å². The zero-order valence-electron chi connectivity index (χ0n) is 8.09. The fourth-order valence-electron chi connectivity index (χ4n) is 2.34. The lowest BCUT2D eigenvalue weighted by Crippen LogP contribution is -2.27. The summed E-state index contributed by atoms with van der Waals surface area (Å²) in [4.78, 5) is 3.25. The summed E-state index contributed by atoms with van der Waals surface area (Å²) >= 11 is 0. The summed E-state index contributed by atoms with van der Waals surface area (Å²) in [6.07, 6.45) is 5.29. The molecule has 1 heterocycles. The number of aromatic amines is 1. The molecule has 1 atom stereocenters. The molecule has 14 heavy (non-hydrogen) atoms. The summed E-state index contributed by atoms with van der Waals surface area (Å²) in [6.45, 7) is 0. The van der Waals surface area contributed by atoms with Crippen LogP contribution >= 0.6 is 0 Å². The third-order valence-corrected chi connectivity index (χ3v) is 3.14. The second-order valence-electron chi connectivity index (χ2n) is 4.19. The maximum atomic E-state index is 5.96. The van der Waals surface area contributed by atoms with Crippen molar-refractivity contribution in [3.8, 4) is 0 Å². The Balaban J connectivity index is 2.19. The number of benzene rings is 1. The number of H-pyrrole nitrogens is 1. The molecule has 2 aromatic rings. The first kappa shape index (κ1) is 8.06. The van der Waals surface area contributed by atoms with Crippen LogP contribution in [0.1, 0.15) is 17.5 Å². The lowest BCUT2D eigenvalue weighted by atomic mass is 9.88. The minimum absolute atomic E-state index is 0.360. The van der Waals surface area contributed by atoms with Crippen LogP contribution in [0, 0.1) is 0 Å². The second kappa shape index (κ2) is 2.85. The van der Waals surface area contributed by atoms with Crippen LogP contribution in [0.3, 0.4) is 0 Å². The van der Waals surface area contributed by atoms with Gasteiger partial charge in [0.1, 0.15) is 0 Å². The molecule has 0 saturated heterocycles. The monoisotopic (exact) mass is 186 g/mol. The van der Waals surface area contributed by atoms with Crippen LogP contribution in [0.4, 0.5) is 0 Å². The van der Waals surface area contributed by atoms with Crippen molar-refractivity contribution >= 4 is 10.9 Å². The van der Waals surface area contributed by atoms with Gasteiger partial charge in [-0.25, -0.2) is 0 Å². The first-order chi connectivity index (χ1) is 6.83. The molecule has 0 fully saturated rings. The minimum Gasteiger partial charge on any atom is -0.361 e. The predicted molar refractivity (Wildman–Crippen MR) is 58.3 cm³/mol. The Morgan fingerprint density at radius 1 is 1.29 bits per heavy atom. The van der Waals surface area contributed by atoms with Gasteiger partial charge in [0.05, 0.1) is 0 Å². The van der Waals surface area contributed by atoms with Crippen molar-refractivity contribution in [3.05, 3.63) is 35.5 Å². The van der Waals surface area contributed by atoms with E-state index in [-0.39, 0.29) is 0 Å². The first-order valence-corrected chi connectivity index (χ1v) is 5.17. The summed E-state index contributed by atoms with van der Waals surface area (Å²) in [5.74, 6) is 0. The summed E-state index contributed by atoms with van der Waals surface area (Å²) in [7, 11) is 0. The van der Waals surface area contributed by atoms with Gasteiger partial charge in [-0.2, -0.15) is 0 Å². The predicted octanol–water partition coefficient (Wildman–Crippen LogP) is 1.98. The van der Waals surface area contributed by atoms with E-state index >= 15 is 0 Å². The topological polar surface area (TPSA) is 41.8 Å². The first-order valence-electron chi connectivity index (χ1n) is 5.17. The molecule has 0 saturated carbocycles. The molecule has 3 rings (SSSR count). The van der Waals surface area contributed by atoms with E-state index in [0.29, 0.717) is 6.04 Å². The molecule has 0 aliphatic heterocycles. The summed E-state index contributed by atoms with van der Waals surface area (Å²) < 4.78 is 0. The van der Waals surface area contributed by atoms with Gasteiger partial charge in [0.15, 0.2) is 0 Å². The SMILES string of the molecule is NC1CCc2cc3[nH]ccc3cc2C1. The molecule has 1 aliphatic carbocycles. The molecule has 3 N–H and O–H groups in total. The largest absolute Gasteiger partial charge is 0.361 e. The van der Waals surface area contributed by atoms with Crippen LogP contribution in [0.5, 0.6) is 0 Å². The fourth-order valence-corrected chi connectivity index (χ4v) is 2.34. The van der Waals surface area contributed by atoms with Crippen LogP contribution in [0.2, 0.25) is 0 Å². The maximum Gasteiger partial charge on any atom is 0.0456 e. The molecule has 0 amide bonds. The average molecular weight is 186 g/mol. The quantitative estimate of drug-likeness (QED) is 0.649. The van der Waals surface area contributed by atoms with Crippen molar-refractivity contribution in [2.45, 2.75) is 25.3 Å². The van der Waals surface area contributed by atoms with E-state index in [1.807, 2.05) is 6.20 Å². The van der Waals surface area contributed by atoms with Crippen molar-refractivity contribution in [2.75, 3.05) is 0 Å². The zero-order chi connectivity index (χ0) is 9.54. The zero-order valence-corrected chi connectivity index (χ0v) is 8.09. The maximum absolute atomic E-state index is 5.96. The molecule has 1 unspecified atom stereocenters. The van der Waals surface area contributed by atoms with Crippen molar-refractivity contribution in [2.24, 2.45) is 5.73 Å². The van der Waals surface area contributed by atoms with E-state index in [2.05, 4.69) is 23.2 Å². The van der Waals surface area contributed by atoms with Crippen LogP contribution in [-0.4, -0.2) is 11.0 Å². The number of hydrogen-bond acceptors (Lipinski definition) is 1. The van der Waals surface area contributed by atoms with Crippen molar-refractivity contribution < 1.29 is 0 Å². The number of hydrogen-bond donors (Lipinski definition) is 2. The number of rotatable bonds is 0. The molecule has 72 valence electrons. The normalized spacial score (nSPS) is 21.1. The molecule has 1 aromatic heterocycles. The molecule has 0 radical (unpaired) electrons. The van der Waals surface area contributed by atoms with Crippen LogP contribution in [-0.2, 0) is 12.8 Å². The van der Waals surface area contributed by atoms with Gasteiger partial charge in [0.2, 0.25) is 0 Å². The molecule has 2 nitrogen and oxygen atoms in total. The van der Waals surface area contributed by atoms with E-state index in [0.717, 1.165) is 19.3 Å². The van der Waals surface area contributed by atoms with Gasteiger partial charge in [-0.05, 0) is 54.0 Å². The summed E-state index contributed by atoms with van der Waals surface area (Å²) in [5.41, 5.74) is 10.1. The lowest BCUT2D eigenvalue weighted by Gasteiger charge is -2.21. The van der Waals surface area contributed by atoms with Crippen LogP contribution in [0.15, 0.2) is 24.4 Å². The molecular weight excluding hydrogens is 172 g/mol. The van der Waals surface area contributed by atoms with Gasteiger partial charge in [0.25, 0.3) is 0 Å². The van der Waals surface area contributed by atoms with Gasteiger partial charge < -0.3 is 10.7 Å². The lowest BCUT2D eigenvalue weighted by molar-refractivity contribution is 0.577. The van der Waals surface area contributed by atoms with E-state index in [9.17, 15) is 0 Å². The Morgan fingerprint density at radius 3 is 3.14 bits per heavy atom. The molecule has 2 heteroatoms.